The number of anilines is 1. The van der Waals surface area contributed by atoms with Crippen molar-refractivity contribution in [2.45, 2.75) is 0 Å². The summed E-state index contributed by atoms with van der Waals surface area (Å²) >= 11 is 12.3. The van der Waals surface area contributed by atoms with Crippen LogP contribution in [0.4, 0.5) is 17.1 Å². The third-order valence-electron chi connectivity index (χ3n) is 3.89. The number of hydrogen-bond acceptors (Lipinski definition) is 5. The number of non-ortho nitro benzene ring substituents is 1. The predicted molar refractivity (Wildman–Crippen MR) is 113 cm³/mol. The second-order valence-corrected chi connectivity index (χ2v) is 6.68. The Kier molecular flexibility index (Phi) is 6.11. The fourth-order valence-corrected chi connectivity index (χ4v) is 2.89. The molecule has 2 N–H and O–H groups in total. The van der Waals surface area contributed by atoms with Crippen molar-refractivity contribution in [2.75, 3.05) is 5.32 Å². The SMILES string of the molecule is O=C(Nc1cc(N=Cc2cc([N+](=O)[O-])ccc2O)c(Cl)cc1Cl)c1ccccc1. The zero-order chi connectivity index (χ0) is 21.0. The number of rotatable bonds is 5. The summed E-state index contributed by atoms with van der Waals surface area (Å²) < 4.78 is 0. The molecule has 0 saturated carbocycles. The number of nitro groups is 1. The Bertz CT molecular complexity index is 1120. The number of aliphatic imine (C=N–C) groups is 1. The number of phenols is 1. The van der Waals surface area contributed by atoms with Crippen molar-refractivity contribution in [2.24, 2.45) is 4.99 Å². The van der Waals surface area contributed by atoms with Gasteiger partial charge in [0.15, 0.2) is 0 Å². The summed E-state index contributed by atoms with van der Waals surface area (Å²) in [6.45, 7) is 0. The molecule has 0 spiro atoms. The zero-order valence-corrected chi connectivity index (χ0v) is 16.2. The molecule has 3 rings (SSSR count). The van der Waals surface area contributed by atoms with Gasteiger partial charge in [0.05, 0.1) is 26.3 Å². The lowest BCUT2D eigenvalue weighted by atomic mass is 10.2. The van der Waals surface area contributed by atoms with Gasteiger partial charge in [-0.15, -0.1) is 0 Å². The van der Waals surface area contributed by atoms with Gasteiger partial charge in [0, 0.05) is 29.5 Å². The highest BCUT2D eigenvalue weighted by atomic mass is 35.5. The minimum atomic E-state index is -0.580. The van der Waals surface area contributed by atoms with E-state index in [2.05, 4.69) is 10.3 Å². The normalized spacial score (nSPS) is 10.8. The van der Waals surface area contributed by atoms with Gasteiger partial charge in [-0.3, -0.25) is 19.9 Å². The van der Waals surface area contributed by atoms with Crippen LogP contribution in [0.15, 0.2) is 65.7 Å². The maximum absolute atomic E-state index is 12.3. The van der Waals surface area contributed by atoms with Crippen molar-refractivity contribution >= 4 is 52.4 Å². The van der Waals surface area contributed by atoms with Crippen LogP contribution < -0.4 is 5.32 Å². The van der Waals surface area contributed by atoms with E-state index in [-0.39, 0.29) is 38.6 Å². The van der Waals surface area contributed by atoms with Gasteiger partial charge in [0.1, 0.15) is 5.75 Å². The standard InChI is InChI=1S/C20H13Cl2N3O4/c21-15-9-16(22)18(24-20(27)12-4-2-1-3-5-12)10-17(15)23-11-13-8-14(25(28)29)6-7-19(13)26/h1-11,26H,(H,24,27). The average molecular weight is 430 g/mol. The van der Waals surface area contributed by atoms with E-state index in [4.69, 9.17) is 23.2 Å². The lowest BCUT2D eigenvalue weighted by Crippen LogP contribution is -2.11. The predicted octanol–water partition coefficient (Wildman–Crippen LogP) is 5.61. The van der Waals surface area contributed by atoms with E-state index in [0.29, 0.717) is 11.3 Å². The van der Waals surface area contributed by atoms with Gasteiger partial charge in [-0.1, -0.05) is 41.4 Å². The van der Waals surface area contributed by atoms with Gasteiger partial charge in [0.25, 0.3) is 11.6 Å². The molecule has 0 aliphatic rings. The van der Waals surface area contributed by atoms with Crippen LogP contribution in [0, 0.1) is 10.1 Å². The molecule has 7 nitrogen and oxygen atoms in total. The van der Waals surface area contributed by atoms with Crippen LogP contribution in [-0.2, 0) is 0 Å². The molecule has 0 fully saturated rings. The highest BCUT2D eigenvalue weighted by molar-refractivity contribution is 6.38. The van der Waals surface area contributed by atoms with E-state index >= 15 is 0 Å². The number of amides is 1. The average Bonchev–Trinajstić information content (AvgIpc) is 2.70. The second kappa shape index (κ2) is 8.72. The van der Waals surface area contributed by atoms with Crippen LogP contribution in [0.2, 0.25) is 10.0 Å². The monoisotopic (exact) mass is 429 g/mol. The van der Waals surface area contributed by atoms with Crippen molar-refractivity contribution in [1.82, 2.24) is 0 Å². The minimum Gasteiger partial charge on any atom is -0.507 e. The Labute approximate surface area is 175 Å². The molecule has 0 atom stereocenters. The van der Waals surface area contributed by atoms with E-state index < -0.39 is 4.92 Å². The molecule has 3 aromatic carbocycles. The molecule has 0 bridgehead atoms. The second-order valence-electron chi connectivity index (χ2n) is 5.86. The van der Waals surface area contributed by atoms with E-state index in [1.165, 1.54) is 36.5 Å². The zero-order valence-electron chi connectivity index (χ0n) is 14.7. The molecule has 0 heterocycles. The minimum absolute atomic E-state index is 0.139. The maximum Gasteiger partial charge on any atom is 0.270 e. The molecule has 0 saturated heterocycles. The number of halogens is 2. The molecule has 0 aliphatic heterocycles. The highest BCUT2D eigenvalue weighted by Crippen LogP contribution is 2.35. The van der Waals surface area contributed by atoms with Gasteiger partial charge in [0.2, 0.25) is 0 Å². The Hall–Kier alpha value is -3.42. The largest absolute Gasteiger partial charge is 0.507 e. The third-order valence-corrected chi connectivity index (χ3v) is 4.50. The molecule has 3 aromatic rings. The highest BCUT2D eigenvalue weighted by Gasteiger charge is 2.12. The lowest BCUT2D eigenvalue weighted by molar-refractivity contribution is -0.384. The summed E-state index contributed by atoms with van der Waals surface area (Å²) in [6.07, 6.45) is 1.24. The van der Waals surface area contributed by atoms with Crippen LogP contribution in [-0.4, -0.2) is 22.2 Å². The Morgan fingerprint density at radius 1 is 1.07 bits per heavy atom. The number of carbonyl (C=O) groups excluding carboxylic acids is 1. The molecule has 29 heavy (non-hydrogen) atoms. The molecule has 0 unspecified atom stereocenters. The summed E-state index contributed by atoms with van der Waals surface area (Å²) in [6, 6.07) is 15.0. The first-order valence-electron chi connectivity index (χ1n) is 8.22. The van der Waals surface area contributed by atoms with Gasteiger partial charge in [-0.05, 0) is 30.3 Å². The lowest BCUT2D eigenvalue weighted by Gasteiger charge is -2.09. The molecule has 0 aromatic heterocycles. The van der Waals surface area contributed by atoms with Gasteiger partial charge < -0.3 is 10.4 Å². The van der Waals surface area contributed by atoms with E-state index in [9.17, 15) is 20.0 Å². The van der Waals surface area contributed by atoms with Crippen molar-refractivity contribution < 1.29 is 14.8 Å². The van der Waals surface area contributed by atoms with E-state index in [0.717, 1.165) is 0 Å². The topological polar surface area (TPSA) is 105 Å². The van der Waals surface area contributed by atoms with Crippen molar-refractivity contribution in [3.8, 4) is 5.75 Å². The number of aromatic hydroxyl groups is 1. The molecular formula is C20H13Cl2N3O4. The molecular weight excluding hydrogens is 417 g/mol. The molecule has 1 amide bonds. The fourth-order valence-electron chi connectivity index (χ4n) is 2.41. The maximum atomic E-state index is 12.3. The number of benzene rings is 3. The first kappa shape index (κ1) is 20.3. The molecule has 0 radical (unpaired) electrons. The number of phenolic OH excluding ortho intramolecular Hbond substituents is 1. The van der Waals surface area contributed by atoms with Gasteiger partial charge >= 0.3 is 0 Å². The third kappa shape index (κ3) is 4.90. The van der Waals surface area contributed by atoms with Crippen LogP contribution in [0.5, 0.6) is 5.75 Å². The van der Waals surface area contributed by atoms with Crippen molar-refractivity contribution in [3.63, 3.8) is 0 Å². The number of hydrogen-bond donors (Lipinski definition) is 2. The summed E-state index contributed by atoms with van der Waals surface area (Å²) in [5, 5.41) is 23.9. The Balaban J connectivity index is 1.90. The summed E-state index contributed by atoms with van der Waals surface area (Å²) in [5.74, 6) is -0.539. The Morgan fingerprint density at radius 2 is 1.79 bits per heavy atom. The van der Waals surface area contributed by atoms with E-state index in [1.54, 1.807) is 30.3 Å². The summed E-state index contributed by atoms with van der Waals surface area (Å²) in [7, 11) is 0. The van der Waals surface area contributed by atoms with Crippen LogP contribution in [0.1, 0.15) is 15.9 Å². The number of nitrogens with zero attached hydrogens (tertiary/aromatic N) is 2. The summed E-state index contributed by atoms with van der Waals surface area (Å²) in [5.41, 5.74) is 0.943. The molecule has 146 valence electrons. The first-order chi connectivity index (χ1) is 13.8. The van der Waals surface area contributed by atoms with Crippen LogP contribution in [0.3, 0.4) is 0 Å². The first-order valence-corrected chi connectivity index (χ1v) is 8.97. The fraction of sp³-hybridized carbons (Fsp3) is 0. The van der Waals surface area contributed by atoms with Crippen molar-refractivity contribution in [1.29, 1.82) is 0 Å². The van der Waals surface area contributed by atoms with Gasteiger partial charge in [-0.2, -0.15) is 0 Å². The van der Waals surface area contributed by atoms with E-state index in [1.807, 2.05) is 0 Å². The number of nitrogens with one attached hydrogen (secondary N) is 1. The number of carbonyl (C=O) groups is 1. The molecule has 0 aliphatic carbocycles. The smallest absolute Gasteiger partial charge is 0.270 e. The van der Waals surface area contributed by atoms with Crippen molar-refractivity contribution in [3.05, 3.63) is 92.0 Å². The van der Waals surface area contributed by atoms with Crippen LogP contribution in [0.25, 0.3) is 0 Å². The quantitative estimate of drug-likeness (QED) is 0.312. The number of nitro benzene ring substituents is 1. The van der Waals surface area contributed by atoms with Gasteiger partial charge in [-0.25, -0.2) is 0 Å². The molecule has 9 heteroatoms. The summed E-state index contributed by atoms with van der Waals surface area (Å²) in [4.78, 5) is 26.8. The van der Waals surface area contributed by atoms with Crippen LogP contribution >= 0.6 is 23.2 Å². The Morgan fingerprint density at radius 3 is 2.48 bits per heavy atom.